The van der Waals surface area contributed by atoms with E-state index in [2.05, 4.69) is 53.1 Å². The average molecular weight is 301 g/mol. The van der Waals surface area contributed by atoms with E-state index in [1.807, 2.05) is 0 Å². The number of fused-ring (bicyclic) bond motifs is 1. The van der Waals surface area contributed by atoms with Crippen LogP contribution in [-0.4, -0.2) is 19.1 Å². The van der Waals surface area contributed by atoms with Gasteiger partial charge in [-0.25, -0.2) is 4.98 Å². The number of hydrogen-bond acceptors (Lipinski definition) is 5. The lowest BCUT2D eigenvalue weighted by Crippen LogP contribution is -2.03. The zero-order valence-electron chi connectivity index (χ0n) is 12.5. The van der Waals surface area contributed by atoms with Crippen molar-refractivity contribution in [3.63, 3.8) is 0 Å². The van der Waals surface area contributed by atoms with Gasteiger partial charge in [0.05, 0.1) is 16.7 Å². The molecule has 0 aliphatic heterocycles. The number of hydrogen-bond donors (Lipinski definition) is 1. The van der Waals surface area contributed by atoms with Crippen LogP contribution in [0.5, 0.6) is 0 Å². The van der Waals surface area contributed by atoms with Crippen LogP contribution in [0.2, 0.25) is 0 Å². The van der Waals surface area contributed by atoms with Gasteiger partial charge in [-0.05, 0) is 49.5 Å². The van der Waals surface area contributed by atoms with Crippen molar-refractivity contribution in [3.05, 3.63) is 29.5 Å². The zero-order chi connectivity index (χ0) is 15.0. The molecule has 2 aromatic heterocycles. The summed E-state index contributed by atoms with van der Waals surface area (Å²) in [5, 5.41) is 4.21. The highest BCUT2D eigenvalue weighted by molar-refractivity contribution is 7.09. The molecule has 0 amide bonds. The number of aryl methyl sites for hydroxylation is 1. The third kappa shape index (κ3) is 2.34. The molecule has 0 aliphatic carbocycles. The Balaban J connectivity index is 2.28. The molecule has 0 unspecified atom stereocenters. The van der Waals surface area contributed by atoms with Crippen LogP contribution in [0.15, 0.2) is 18.2 Å². The molecule has 3 aromatic rings. The molecular weight excluding hydrogens is 282 g/mol. The van der Waals surface area contributed by atoms with Gasteiger partial charge in [0.15, 0.2) is 5.82 Å². The lowest BCUT2D eigenvalue weighted by atomic mass is 10.2. The molecule has 0 atom stereocenters. The Morgan fingerprint density at radius 3 is 2.81 bits per heavy atom. The van der Waals surface area contributed by atoms with Crippen molar-refractivity contribution in [2.45, 2.75) is 39.8 Å². The Hall–Kier alpha value is -1.79. The maximum Gasteiger partial charge on any atom is 0.155 e. The first-order valence-electron chi connectivity index (χ1n) is 7.18. The molecule has 1 aromatic carbocycles. The van der Waals surface area contributed by atoms with E-state index < -0.39 is 0 Å². The van der Waals surface area contributed by atoms with E-state index in [9.17, 15) is 0 Å². The molecule has 0 bridgehead atoms. The highest BCUT2D eigenvalue weighted by Gasteiger charge is 2.19. The second-order valence-corrected chi connectivity index (χ2v) is 6.08. The first-order valence-corrected chi connectivity index (χ1v) is 7.95. The highest BCUT2D eigenvalue weighted by atomic mass is 32.1. The summed E-state index contributed by atoms with van der Waals surface area (Å²) in [6.45, 7) is 6.96. The maximum atomic E-state index is 5.73. The summed E-state index contributed by atoms with van der Waals surface area (Å²) in [5.74, 6) is 0.959. The number of benzene rings is 1. The van der Waals surface area contributed by atoms with E-state index in [4.69, 9.17) is 10.7 Å². The molecule has 0 fully saturated rings. The van der Waals surface area contributed by atoms with Crippen LogP contribution < -0.4 is 5.73 Å². The monoisotopic (exact) mass is 301 g/mol. The molecule has 0 saturated heterocycles. The van der Waals surface area contributed by atoms with E-state index in [0.717, 1.165) is 39.4 Å². The molecule has 6 heteroatoms. The summed E-state index contributed by atoms with van der Waals surface area (Å²) in [4.78, 5) is 5.90. The quantitative estimate of drug-likeness (QED) is 0.803. The van der Waals surface area contributed by atoms with Crippen molar-refractivity contribution in [1.82, 2.24) is 19.1 Å². The second-order valence-electron chi connectivity index (χ2n) is 5.33. The summed E-state index contributed by atoms with van der Waals surface area (Å²) in [6, 6.07) is 6.56. The minimum absolute atomic E-state index is 0.320. The van der Waals surface area contributed by atoms with Crippen molar-refractivity contribution < 1.29 is 0 Å². The Bertz CT molecular complexity index is 772. The van der Waals surface area contributed by atoms with E-state index >= 15 is 0 Å². The van der Waals surface area contributed by atoms with Gasteiger partial charge in [-0.3, -0.25) is 0 Å². The minimum Gasteiger partial charge on any atom is -0.326 e. The highest BCUT2D eigenvalue weighted by Crippen LogP contribution is 2.32. The van der Waals surface area contributed by atoms with Gasteiger partial charge in [-0.2, -0.15) is 0 Å². The smallest absolute Gasteiger partial charge is 0.155 e. The Labute approximate surface area is 128 Å². The fourth-order valence-corrected chi connectivity index (χ4v) is 3.30. The Morgan fingerprint density at radius 1 is 1.33 bits per heavy atom. The molecule has 21 heavy (non-hydrogen) atoms. The number of nitrogens with two attached hydrogens (primary N) is 1. The van der Waals surface area contributed by atoms with Crippen molar-refractivity contribution in [1.29, 1.82) is 0 Å². The Morgan fingerprint density at radius 2 is 2.14 bits per heavy atom. The topological polar surface area (TPSA) is 69.6 Å². The summed E-state index contributed by atoms with van der Waals surface area (Å²) >= 11 is 1.41. The molecule has 3 rings (SSSR count). The van der Waals surface area contributed by atoms with Gasteiger partial charge in [0.2, 0.25) is 0 Å². The predicted molar refractivity (Wildman–Crippen MR) is 86.3 cm³/mol. The summed E-state index contributed by atoms with van der Waals surface area (Å²) in [7, 11) is 0. The molecule has 0 aliphatic rings. The van der Waals surface area contributed by atoms with Gasteiger partial charge in [-0.1, -0.05) is 17.5 Å². The molecule has 0 spiro atoms. The number of imidazole rings is 1. The summed E-state index contributed by atoms with van der Waals surface area (Å²) < 4.78 is 6.35. The zero-order valence-corrected chi connectivity index (χ0v) is 13.3. The fourth-order valence-electron chi connectivity index (χ4n) is 2.56. The van der Waals surface area contributed by atoms with Crippen LogP contribution in [-0.2, 0) is 13.0 Å². The van der Waals surface area contributed by atoms with Gasteiger partial charge in [0.25, 0.3) is 0 Å². The number of rotatable bonds is 4. The van der Waals surface area contributed by atoms with Crippen molar-refractivity contribution in [2.75, 3.05) is 0 Å². The standard InChI is InChI=1S/C15H19N5S/c1-4-11-14(21-19-18-11)15-17-12-7-10(8-16)5-6-13(12)20(15)9(2)3/h5-7,9H,4,8,16H2,1-3H3. The van der Waals surface area contributed by atoms with E-state index in [-0.39, 0.29) is 0 Å². The minimum atomic E-state index is 0.320. The first-order chi connectivity index (χ1) is 10.2. The normalized spacial score (nSPS) is 11.7. The van der Waals surface area contributed by atoms with Gasteiger partial charge in [-0.15, -0.1) is 5.10 Å². The fraction of sp³-hybridized carbons (Fsp3) is 0.400. The lowest BCUT2D eigenvalue weighted by molar-refractivity contribution is 0.624. The molecule has 2 N–H and O–H groups in total. The van der Waals surface area contributed by atoms with Crippen LogP contribution >= 0.6 is 11.5 Å². The van der Waals surface area contributed by atoms with Crippen LogP contribution in [0.3, 0.4) is 0 Å². The molecule has 110 valence electrons. The van der Waals surface area contributed by atoms with Crippen molar-refractivity contribution >= 4 is 22.6 Å². The van der Waals surface area contributed by atoms with Crippen LogP contribution in [0.4, 0.5) is 0 Å². The van der Waals surface area contributed by atoms with Crippen LogP contribution in [0.1, 0.15) is 38.1 Å². The molecule has 0 saturated carbocycles. The van der Waals surface area contributed by atoms with Crippen molar-refractivity contribution in [2.24, 2.45) is 5.73 Å². The largest absolute Gasteiger partial charge is 0.326 e. The molecular formula is C15H19N5S. The van der Waals surface area contributed by atoms with Crippen LogP contribution in [0.25, 0.3) is 21.7 Å². The number of aromatic nitrogens is 4. The first kappa shape index (κ1) is 14.2. The third-order valence-corrected chi connectivity index (χ3v) is 4.36. The summed E-state index contributed by atoms with van der Waals surface area (Å²) in [6.07, 6.45) is 0.862. The lowest BCUT2D eigenvalue weighted by Gasteiger charge is -2.12. The third-order valence-electron chi connectivity index (χ3n) is 3.60. The maximum absolute atomic E-state index is 5.73. The van der Waals surface area contributed by atoms with Gasteiger partial charge >= 0.3 is 0 Å². The van der Waals surface area contributed by atoms with Gasteiger partial charge in [0, 0.05) is 12.6 Å². The average Bonchev–Trinajstić information content (AvgIpc) is 3.09. The van der Waals surface area contributed by atoms with Gasteiger partial charge < -0.3 is 10.3 Å². The molecule has 2 heterocycles. The summed E-state index contributed by atoms with van der Waals surface area (Å²) in [5.41, 5.74) is 9.96. The predicted octanol–water partition coefficient (Wildman–Crippen LogP) is 3.16. The number of nitrogens with zero attached hydrogens (tertiary/aromatic N) is 4. The van der Waals surface area contributed by atoms with E-state index in [0.29, 0.717) is 12.6 Å². The Kier molecular flexibility index (Phi) is 3.73. The second kappa shape index (κ2) is 5.54. The molecule has 0 radical (unpaired) electrons. The van der Waals surface area contributed by atoms with E-state index in [1.165, 1.54) is 11.5 Å². The SMILES string of the molecule is CCc1nnsc1-c1nc2cc(CN)ccc2n1C(C)C. The van der Waals surface area contributed by atoms with Crippen molar-refractivity contribution in [3.8, 4) is 10.7 Å². The van der Waals surface area contributed by atoms with E-state index in [1.54, 1.807) is 0 Å². The molecule has 5 nitrogen and oxygen atoms in total. The van der Waals surface area contributed by atoms with Gasteiger partial charge in [0.1, 0.15) is 4.88 Å². The van der Waals surface area contributed by atoms with Crippen LogP contribution in [0, 0.1) is 0 Å².